The van der Waals surface area contributed by atoms with Crippen molar-refractivity contribution in [2.75, 3.05) is 13.2 Å². The number of rotatable bonds is 6. The minimum atomic E-state index is -0.601. The highest BCUT2D eigenvalue weighted by atomic mass is 19.1. The first kappa shape index (κ1) is 14.6. The summed E-state index contributed by atoms with van der Waals surface area (Å²) in [6.45, 7) is 4.44. The third-order valence-corrected chi connectivity index (χ3v) is 2.47. The first-order valence-corrected chi connectivity index (χ1v) is 5.85. The molecule has 0 fully saturated rings. The number of hydrogen-bond donors (Lipinski definition) is 1. The van der Waals surface area contributed by atoms with Gasteiger partial charge in [0.15, 0.2) is 0 Å². The van der Waals surface area contributed by atoms with Gasteiger partial charge in [-0.2, -0.15) is 0 Å². The molecule has 0 aliphatic rings. The molecular formula is C13H17F2NO2. The summed E-state index contributed by atoms with van der Waals surface area (Å²) in [6.07, 6.45) is 0. The van der Waals surface area contributed by atoms with Crippen molar-refractivity contribution in [3.63, 3.8) is 0 Å². The van der Waals surface area contributed by atoms with Crippen molar-refractivity contribution in [2.24, 2.45) is 5.92 Å². The van der Waals surface area contributed by atoms with Gasteiger partial charge in [-0.3, -0.25) is 4.79 Å². The Balaban J connectivity index is 2.39. The largest absolute Gasteiger partial charge is 0.466 e. The molecule has 3 nitrogen and oxygen atoms in total. The van der Waals surface area contributed by atoms with E-state index in [0.717, 1.165) is 6.07 Å². The normalized spacial score (nSPS) is 12.2. The summed E-state index contributed by atoms with van der Waals surface area (Å²) in [5.41, 5.74) is 0.368. The van der Waals surface area contributed by atoms with Gasteiger partial charge < -0.3 is 10.1 Å². The summed E-state index contributed by atoms with van der Waals surface area (Å²) in [4.78, 5) is 11.3. The number of carbonyl (C=O) groups is 1. The predicted molar refractivity (Wildman–Crippen MR) is 63.9 cm³/mol. The summed E-state index contributed by atoms with van der Waals surface area (Å²) in [5.74, 6) is -1.78. The molecule has 100 valence electrons. The predicted octanol–water partition coefficient (Wildman–Crippen LogP) is 2.25. The van der Waals surface area contributed by atoms with Crippen LogP contribution in [-0.2, 0) is 16.1 Å². The number of esters is 1. The second kappa shape index (κ2) is 7.06. The Morgan fingerprint density at radius 1 is 1.44 bits per heavy atom. The molecule has 18 heavy (non-hydrogen) atoms. The fourth-order valence-corrected chi connectivity index (χ4v) is 1.46. The monoisotopic (exact) mass is 257 g/mol. The molecule has 0 spiro atoms. The van der Waals surface area contributed by atoms with Gasteiger partial charge in [-0.1, -0.05) is 13.0 Å². The standard InChI is InChI=1S/C13H17F2NO2/c1-3-18-13(17)9(2)7-16-8-10-4-5-11(14)6-12(10)15/h4-6,9,16H,3,7-8H2,1-2H3. The molecule has 0 aliphatic heterocycles. The Labute approximate surface area is 105 Å². The molecule has 0 amide bonds. The highest BCUT2D eigenvalue weighted by Gasteiger charge is 2.13. The van der Waals surface area contributed by atoms with E-state index in [1.54, 1.807) is 13.8 Å². The zero-order valence-corrected chi connectivity index (χ0v) is 10.5. The van der Waals surface area contributed by atoms with E-state index >= 15 is 0 Å². The van der Waals surface area contributed by atoms with Gasteiger partial charge in [0, 0.05) is 24.7 Å². The summed E-state index contributed by atoms with van der Waals surface area (Å²) >= 11 is 0. The van der Waals surface area contributed by atoms with Crippen LogP contribution in [0.1, 0.15) is 19.4 Å². The van der Waals surface area contributed by atoms with Gasteiger partial charge in [-0.25, -0.2) is 8.78 Å². The number of hydrogen-bond acceptors (Lipinski definition) is 3. The second-order valence-corrected chi connectivity index (χ2v) is 4.02. The fourth-order valence-electron chi connectivity index (χ4n) is 1.46. The number of halogens is 2. The Morgan fingerprint density at radius 3 is 2.78 bits per heavy atom. The quantitative estimate of drug-likeness (QED) is 0.794. The van der Waals surface area contributed by atoms with Crippen LogP contribution in [0.25, 0.3) is 0 Å². The molecule has 0 aliphatic carbocycles. The molecule has 0 bridgehead atoms. The lowest BCUT2D eigenvalue weighted by atomic mass is 10.1. The molecule has 0 saturated carbocycles. The zero-order valence-electron chi connectivity index (χ0n) is 10.5. The first-order valence-electron chi connectivity index (χ1n) is 5.85. The minimum absolute atomic E-state index is 0.246. The third-order valence-electron chi connectivity index (χ3n) is 2.47. The van der Waals surface area contributed by atoms with E-state index in [1.165, 1.54) is 12.1 Å². The van der Waals surface area contributed by atoms with Crippen LogP contribution in [0.4, 0.5) is 8.78 Å². The molecule has 5 heteroatoms. The Bertz CT molecular complexity index is 410. The smallest absolute Gasteiger partial charge is 0.309 e. The van der Waals surface area contributed by atoms with Crippen LogP contribution in [0.2, 0.25) is 0 Å². The van der Waals surface area contributed by atoms with Gasteiger partial charge >= 0.3 is 5.97 Å². The molecule has 1 aromatic carbocycles. The average Bonchev–Trinajstić information content (AvgIpc) is 2.32. The topological polar surface area (TPSA) is 38.3 Å². The fraction of sp³-hybridized carbons (Fsp3) is 0.462. The van der Waals surface area contributed by atoms with Gasteiger partial charge in [0.2, 0.25) is 0 Å². The first-order chi connectivity index (χ1) is 8.54. The molecular weight excluding hydrogens is 240 g/mol. The van der Waals surface area contributed by atoms with E-state index in [4.69, 9.17) is 4.74 Å². The van der Waals surface area contributed by atoms with Crippen LogP contribution in [0, 0.1) is 17.6 Å². The lowest BCUT2D eigenvalue weighted by molar-refractivity contribution is -0.147. The third kappa shape index (κ3) is 4.41. The van der Waals surface area contributed by atoms with Crippen LogP contribution < -0.4 is 5.32 Å². The number of carbonyl (C=O) groups excluding carboxylic acids is 1. The van der Waals surface area contributed by atoms with Crippen molar-refractivity contribution < 1.29 is 18.3 Å². The van der Waals surface area contributed by atoms with Gasteiger partial charge in [0.05, 0.1) is 12.5 Å². The van der Waals surface area contributed by atoms with E-state index < -0.39 is 11.6 Å². The van der Waals surface area contributed by atoms with E-state index in [0.29, 0.717) is 18.7 Å². The second-order valence-electron chi connectivity index (χ2n) is 4.02. The summed E-state index contributed by atoms with van der Waals surface area (Å²) < 4.78 is 30.8. The molecule has 0 saturated heterocycles. The molecule has 0 heterocycles. The number of nitrogens with one attached hydrogen (secondary N) is 1. The van der Waals surface area contributed by atoms with Crippen molar-refractivity contribution in [1.82, 2.24) is 5.32 Å². The highest BCUT2D eigenvalue weighted by molar-refractivity contribution is 5.72. The van der Waals surface area contributed by atoms with Crippen molar-refractivity contribution in [2.45, 2.75) is 20.4 Å². The Hall–Kier alpha value is -1.49. The molecule has 1 unspecified atom stereocenters. The van der Waals surface area contributed by atoms with Crippen molar-refractivity contribution in [1.29, 1.82) is 0 Å². The highest BCUT2D eigenvalue weighted by Crippen LogP contribution is 2.09. The summed E-state index contributed by atoms with van der Waals surface area (Å²) in [7, 11) is 0. The maximum atomic E-state index is 13.3. The molecule has 1 atom stereocenters. The number of benzene rings is 1. The lowest BCUT2D eigenvalue weighted by Crippen LogP contribution is -2.27. The van der Waals surface area contributed by atoms with Gasteiger partial charge in [-0.05, 0) is 13.0 Å². The van der Waals surface area contributed by atoms with E-state index in [9.17, 15) is 13.6 Å². The van der Waals surface area contributed by atoms with Crippen LogP contribution in [0.3, 0.4) is 0 Å². The van der Waals surface area contributed by atoms with Crippen LogP contribution >= 0.6 is 0 Å². The average molecular weight is 257 g/mol. The van der Waals surface area contributed by atoms with Gasteiger partial charge in [-0.15, -0.1) is 0 Å². The zero-order chi connectivity index (χ0) is 13.5. The van der Waals surface area contributed by atoms with E-state index in [2.05, 4.69) is 5.32 Å². The SMILES string of the molecule is CCOC(=O)C(C)CNCc1ccc(F)cc1F. The van der Waals surface area contributed by atoms with Crippen LogP contribution in [-0.4, -0.2) is 19.1 Å². The van der Waals surface area contributed by atoms with Gasteiger partial charge in [0.25, 0.3) is 0 Å². The lowest BCUT2D eigenvalue weighted by Gasteiger charge is -2.11. The van der Waals surface area contributed by atoms with Crippen molar-refractivity contribution >= 4 is 5.97 Å². The van der Waals surface area contributed by atoms with Crippen LogP contribution in [0.15, 0.2) is 18.2 Å². The molecule has 0 radical (unpaired) electrons. The van der Waals surface area contributed by atoms with Crippen LogP contribution in [0.5, 0.6) is 0 Å². The minimum Gasteiger partial charge on any atom is -0.466 e. The van der Waals surface area contributed by atoms with Crippen molar-refractivity contribution in [3.05, 3.63) is 35.4 Å². The van der Waals surface area contributed by atoms with E-state index in [1.807, 2.05) is 0 Å². The molecule has 1 N–H and O–H groups in total. The number of ether oxygens (including phenoxy) is 1. The Morgan fingerprint density at radius 2 is 2.17 bits per heavy atom. The van der Waals surface area contributed by atoms with Crippen molar-refractivity contribution in [3.8, 4) is 0 Å². The van der Waals surface area contributed by atoms with E-state index in [-0.39, 0.29) is 18.4 Å². The molecule has 0 aromatic heterocycles. The summed E-state index contributed by atoms with van der Waals surface area (Å²) in [5, 5.41) is 2.94. The van der Waals surface area contributed by atoms with Gasteiger partial charge in [0.1, 0.15) is 11.6 Å². The Kier molecular flexibility index (Phi) is 5.71. The molecule has 1 aromatic rings. The maximum Gasteiger partial charge on any atom is 0.309 e. The maximum absolute atomic E-state index is 13.3. The molecule has 1 rings (SSSR count). The summed E-state index contributed by atoms with van der Waals surface area (Å²) in [6, 6.07) is 3.42.